The van der Waals surface area contributed by atoms with Crippen molar-refractivity contribution in [3.05, 3.63) is 166 Å². The summed E-state index contributed by atoms with van der Waals surface area (Å²) in [5.74, 6) is 36.3. The Morgan fingerprint density at radius 2 is 0.631 bits per heavy atom. The standard InChI is InChI=1S/C36H45N3O3.C29H31N3O2.C14H6.C13H28.17H2/c1-7-9-10-28(8-2)21-41-22-30(40)23-42-31-15-13-29(14-16-31)34-37-35(32-17-11-24(3)19-26(32)5)39-36(38-34)33-18-12-25(4)20-27(33)6;1-6-23(33)17-34-24-11-9-22(10-12-24)27-30-28(25-13-7-18(2)15-20(25)4)32-29(31-27)26-14-8-19(3)16-21(26)5;1-3-5-7-9-11-13-14-12-10-8-6-4-2;1-3-5-7-9-11-13-12-10-8-6-4-2;;;;;;;;;;;;;;;;;/h11-20,28,30,40H,7-10,21-23H2,1-6H3;7-16,23,33H,6,17H2,1-5H3;1-2H3;3-13H2,1-2H3;17*1H. The molecule has 0 spiro atoms. The van der Waals surface area contributed by atoms with Crippen molar-refractivity contribution in [3.8, 4) is 151 Å². The molecule has 2 N–H and O–H groups in total. The summed E-state index contributed by atoms with van der Waals surface area (Å²) in [6, 6.07) is 40.6. The van der Waals surface area contributed by atoms with Crippen LogP contribution in [0.2, 0.25) is 0 Å². The molecule has 0 saturated carbocycles. The van der Waals surface area contributed by atoms with E-state index >= 15 is 0 Å². The topological polar surface area (TPSA) is 145 Å². The molecule has 103 heavy (non-hydrogen) atoms. The van der Waals surface area contributed by atoms with E-state index in [2.05, 4.69) is 227 Å². The van der Waals surface area contributed by atoms with Crippen LogP contribution in [-0.4, -0.2) is 78.8 Å². The number of aliphatic hydroxyl groups is 2. The van der Waals surface area contributed by atoms with Gasteiger partial charge in [-0.05, 0) is 218 Å². The number of aromatic nitrogens is 6. The first-order valence-electron chi connectivity index (χ1n) is 37.0. The molecule has 2 aromatic heterocycles. The summed E-state index contributed by atoms with van der Waals surface area (Å²) in [5, 5.41) is 20.1. The van der Waals surface area contributed by atoms with Crippen LogP contribution < -0.4 is 9.47 Å². The van der Waals surface area contributed by atoms with Crippen LogP contribution in [0, 0.1) is 132 Å². The molecule has 0 aliphatic rings. The normalized spacial score (nSPS) is 11.0. The fourth-order valence-corrected chi connectivity index (χ4v) is 11.1. The number of nitrogens with zero attached hydrogens (tertiary/aromatic N) is 6. The van der Waals surface area contributed by atoms with Gasteiger partial charge in [-0.3, -0.25) is 0 Å². The molecule has 0 fully saturated rings. The second-order valence-electron chi connectivity index (χ2n) is 26.2. The highest BCUT2D eigenvalue weighted by atomic mass is 16.5. The van der Waals surface area contributed by atoms with Gasteiger partial charge < -0.3 is 24.4 Å². The average Bonchev–Trinajstić information content (AvgIpc) is 0.794. The maximum atomic E-state index is 10.4. The Hall–Kier alpha value is -9.82. The third kappa shape index (κ3) is 31.1. The fraction of sp³-hybridized carbons (Fsp3) is 0.413. The summed E-state index contributed by atoms with van der Waals surface area (Å²) < 4.78 is 17.3. The number of benzene rings is 6. The zero-order chi connectivity index (χ0) is 74.6. The Morgan fingerprint density at radius 3 is 0.922 bits per heavy atom. The van der Waals surface area contributed by atoms with Crippen LogP contribution in [0.4, 0.5) is 0 Å². The Labute approximate surface area is 644 Å². The monoisotopic (exact) mass is 1410 g/mol. The zero-order valence-corrected chi connectivity index (χ0v) is 64.2. The van der Waals surface area contributed by atoms with Crippen molar-refractivity contribution >= 4 is 0 Å². The van der Waals surface area contributed by atoms with Crippen LogP contribution in [-0.2, 0) is 4.74 Å². The quantitative estimate of drug-likeness (QED) is 0.0316. The molecule has 11 heteroatoms. The van der Waals surface area contributed by atoms with Crippen LogP contribution in [0.5, 0.6) is 11.5 Å². The van der Waals surface area contributed by atoms with Crippen molar-refractivity contribution in [3.63, 3.8) is 0 Å². The van der Waals surface area contributed by atoms with Gasteiger partial charge in [0.2, 0.25) is 0 Å². The van der Waals surface area contributed by atoms with Gasteiger partial charge in [0.1, 0.15) is 30.8 Å². The average molecular weight is 1410 g/mol. The van der Waals surface area contributed by atoms with Gasteiger partial charge in [0.15, 0.2) is 34.9 Å². The van der Waals surface area contributed by atoms with Gasteiger partial charge in [-0.25, -0.2) is 29.9 Å². The second kappa shape index (κ2) is 48.1. The van der Waals surface area contributed by atoms with Crippen molar-refractivity contribution < 1.29 is 48.7 Å². The summed E-state index contributed by atoms with van der Waals surface area (Å²) in [6.45, 7) is 32.4. The first kappa shape index (κ1) is 83.8. The van der Waals surface area contributed by atoms with Crippen LogP contribution >= 0.6 is 0 Å². The molecule has 0 amide bonds. The van der Waals surface area contributed by atoms with E-state index in [1.807, 2.05) is 55.5 Å². The van der Waals surface area contributed by atoms with Crippen molar-refractivity contribution in [2.75, 3.05) is 26.4 Å². The number of unbranched alkanes of at least 4 members (excludes halogenated alkanes) is 11. The predicted molar refractivity (Wildman–Crippen MR) is 464 cm³/mol. The fourth-order valence-electron chi connectivity index (χ4n) is 11.1. The number of hydrogen-bond donors (Lipinski definition) is 2. The number of aliphatic hydroxyl groups excluding tert-OH is 2. The van der Waals surface area contributed by atoms with E-state index < -0.39 is 12.2 Å². The van der Waals surface area contributed by atoms with Gasteiger partial charge in [0.05, 0.1) is 12.7 Å². The molecule has 0 bridgehead atoms. The molecule has 0 aliphatic carbocycles. The number of ether oxygens (including phenoxy) is 3. The highest BCUT2D eigenvalue weighted by Crippen LogP contribution is 2.32. The molecule has 2 heterocycles. The van der Waals surface area contributed by atoms with Crippen molar-refractivity contribution in [1.82, 2.24) is 29.9 Å². The number of aryl methyl sites for hydroxylation is 8. The van der Waals surface area contributed by atoms with E-state index in [1.54, 1.807) is 13.8 Å². The van der Waals surface area contributed by atoms with E-state index in [-0.39, 0.29) is 44.1 Å². The molecule has 6 aromatic carbocycles. The lowest BCUT2D eigenvalue weighted by Gasteiger charge is -2.17. The number of hydrogen-bond acceptors (Lipinski definition) is 11. The molecule has 0 aliphatic heterocycles. The Kier molecular flexibility index (Phi) is 39.2. The maximum absolute atomic E-state index is 10.4. The molecule has 11 nitrogen and oxygen atoms in total. The molecule has 0 radical (unpaired) electrons. The SMILES string of the molecule is CC#CC#CC#CC#CC#CC#CC.CCC(O)COc1ccc(-c2nc(-c3ccc(C)cc3C)nc(-c3ccc(C)cc3C)n2)cc1.CCCCC(CC)COCC(O)COc1ccc(-c2nc(-c3ccc(C)cc3C)nc(-c3ccc(C)cc3C)n2)cc1.CCCCCCCCCCCCC.[HH].[HH].[HH].[HH].[HH].[HH].[HH].[HH].[HH].[HH].[HH].[HH].[HH].[HH].[HH].[HH].[HH]. The maximum Gasteiger partial charge on any atom is 0.164 e. The van der Waals surface area contributed by atoms with E-state index in [9.17, 15) is 10.2 Å². The molecular formula is C92H144N6O5. The first-order chi connectivity index (χ1) is 49.9. The summed E-state index contributed by atoms with van der Waals surface area (Å²) in [4.78, 5) is 29.3. The minimum absolute atomic E-state index is 0. The van der Waals surface area contributed by atoms with E-state index in [0.29, 0.717) is 65.4 Å². The molecule has 3 atom stereocenters. The predicted octanol–water partition coefficient (Wildman–Crippen LogP) is 24.9. The van der Waals surface area contributed by atoms with E-state index in [1.165, 1.54) is 112 Å². The summed E-state index contributed by atoms with van der Waals surface area (Å²) in [7, 11) is 0. The van der Waals surface area contributed by atoms with Gasteiger partial charge in [-0.1, -0.05) is 231 Å². The lowest BCUT2D eigenvalue weighted by Crippen LogP contribution is -2.25. The lowest BCUT2D eigenvalue weighted by atomic mass is 10.0. The first-order valence-corrected chi connectivity index (χ1v) is 37.0. The van der Waals surface area contributed by atoms with Crippen LogP contribution in [0.1, 0.15) is 220 Å². The van der Waals surface area contributed by atoms with Gasteiger partial charge in [-0.2, -0.15) is 0 Å². The van der Waals surface area contributed by atoms with Crippen molar-refractivity contribution in [2.24, 2.45) is 5.92 Å². The third-order valence-electron chi connectivity index (χ3n) is 17.1. The van der Waals surface area contributed by atoms with Crippen LogP contribution in [0.25, 0.3) is 68.3 Å². The summed E-state index contributed by atoms with van der Waals surface area (Å²) in [5.41, 5.74) is 15.0. The van der Waals surface area contributed by atoms with Crippen molar-refractivity contribution in [2.45, 2.75) is 219 Å². The van der Waals surface area contributed by atoms with Crippen LogP contribution in [0.3, 0.4) is 0 Å². The molecule has 8 aromatic rings. The summed E-state index contributed by atoms with van der Waals surface area (Å²) in [6.07, 6.45) is 20.1. The van der Waals surface area contributed by atoms with Crippen molar-refractivity contribution in [1.29, 1.82) is 0 Å². The smallest absolute Gasteiger partial charge is 0.164 e. The molecular weight excluding hydrogens is 1270 g/mol. The highest BCUT2D eigenvalue weighted by Gasteiger charge is 2.19. The minimum atomic E-state index is -0.683. The highest BCUT2D eigenvalue weighted by molar-refractivity contribution is 5.72. The van der Waals surface area contributed by atoms with Gasteiger partial charge in [0.25, 0.3) is 0 Å². The van der Waals surface area contributed by atoms with Gasteiger partial charge in [0, 0.05) is 64.2 Å². The zero-order valence-electron chi connectivity index (χ0n) is 64.2. The lowest BCUT2D eigenvalue weighted by molar-refractivity contribution is -0.00109. The molecule has 8 rings (SSSR count). The molecule has 572 valence electrons. The minimum Gasteiger partial charge on any atom is -0.491 e. The number of rotatable bonds is 31. The Bertz CT molecular complexity index is 4180. The largest absolute Gasteiger partial charge is 0.491 e. The molecule has 0 saturated heterocycles. The Balaban J connectivity index is -0.000000121. The van der Waals surface area contributed by atoms with Crippen LogP contribution in [0.15, 0.2) is 121 Å². The molecule has 3 unspecified atom stereocenters. The second-order valence-corrected chi connectivity index (χ2v) is 26.2. The Morgan fingerprint density at radius 1 is 0.330 bits per heavy atom. The van der Waals surface area contributed by atoms with Gasteiger partial charge in [-0.15, -0.1) is 0 Å². The van der Waals surface area contributed by atoms with E-state index in [4.69, 9.17) is 44.1 Å². The third-order valence-corrected chi connectivity index (χ3v) is 17.1. The van der Waals surface area contributed by atoms with E-state index in [0.717, 1.165) is 62.1 Å². The van der Waals surface area contributed by atoms with Gasteiger partial charge >= 0.3 is 0 Å². The summed E-state index contributed by atoms with van der Waals surface area (Å²) >= 11 is 0.